The van der Waals surface area contributed by atoms with Crippen LogP contribution < -0.4 is 5.32 Å². The number of hydrogen-bond donors (Lipinski definition) is 1. The van der Waals surface area contributed by atoms with Crippen molar-refractivity contribution in [2.75, 3.05) is 5.32 Å². The maximum absolute atomic E-state index is 13.8. The van der Waals surface area contributed by atoms with E-state index in [0.717, 1.165) is 44.1 Å². The Kier molecular flexibility index (Phi) is 5.05. The van der Waals surface area contributed by atoms with Crippen LogP contribution in [0.15, 0.2) is 48.8 Å². The summed E-state index contributed by atoms with van der Waals surface area (Å²) in [6, 6.07) is 11.7. The number of aromatic nitrogens is 1. The summed E-state index contributed by atoms with van der Waals surface area (Å²) >= 11 is 0. The Morgan fingerprint density at radius 2 is 1.77 bits per heavy atom. The number of carbonyl (C=O) groups is 2. The predicted octanol–water partition coefficient (Wildman–Crippen LogP) is 4.91. The minimum atomic E-state index is -0.426. The number of rotatable bonds is 3. The van der Waals surface area contributed by atoms with Crippen molar-refractivity contribution in [1.29, 1.82) is 0 Å². The van der Waals surface area contributed by atoms with E-state index < -0.39 is 5.54 Å². The Balaban J connectivity index is 1.63. The summed E-state index contributed by atoms with van der Waals surface area (Å²) in [4.78, 5) is 33.9. The first-order chi connectivity index (χ1) is 14.7. The van der Waals surface area contributed by atoms with Crippen LogP contribution in [0.3, 0.4) is 0 Å². The van der Waals surface area contributed by atoms with Crippen molar-refractivity contribution in [3.05, 3.63) is 59.9 Å². The number of nitrogens with zero attached hydrogens (tertiary/aromatic N) is 2. The second-order valence-electron chi connectivity index (χ2n) is 9.03. The van der Waals surface area contributed by atoms with Crippen LogP contribution in [-0.4, -0.2) is 33.3 Å². The highest BCUT2D eigenvalue weighted by Gasteiger charge is 2.56. The number of benzene rings is 1. The molecule has 5 nitrogen and oxygen atoms in total. The molecule has 1 aliphatic heterocycles. The third kappa shape index (κ3) is 3.11. The molecule has 1 aromatic heterocycles. The average Bonchev–Trinajstić information content (AvgIpc) is 3.29. The molecule has 2 fully saturated rings. The Labute approximate surface area is 177 Å². The monoisotopic (exact) mass is 403 g/mol. The van der Waals surface area contributed by atoms with E-state index in [2.05, 4.69) is 15.2 Å². The summed E-state index contributed by atoms with van der Waals surface area (Å²) in [5.74, 6) is -0.245. The molecule has 1 N–H and O–H groups in total. The predicted molar refractivity (Wildman–Crippen MR) is 116 cm³/mol. The van der Waals surface area contributed by atoms with E-state index in [1.54, 1.807) is 12.4 Å². The SMILES string of the molecule is O=C(Nc1cccnc1)C1c2ccccc2C(=O)N(C2CCCC2)C12CCCCC2. The van der Waals surface area contributed by atoms with Crippen LogP contribution in [0.1, 0.15) is 79.6 Å². The van der Waals surface area contributed by atoms with Gasteiger partial charge in [0.15, 0.2) is 0 Å². The van der Waals surface area contributed by atoms with Gasteiger partial charge in [0.1, 0.15) is 0 Å². The fourth-order valence-electron chi connectivity index (χ4n) is 6.13. The Hall–Kier alpha value is -2.69. The van der Waals surface area contributed by atoms with Crippen LogP contribution in [-0.2, 0) is 4.79 Å². The van der Waals surface area contributed by atoms with Crippen molar-refractivity contribution >= 4 is 17.5 Å². The zero-order valence-electron chi connectivity index (χ0n) is 17.3. The molecule has 2 heterocycles. The minimum Gasteiger partial charge on any atom is -0.329 e. The van der Waals surface area contributed by atoms with Crippen LogP contribution in [0, 0.1) is 0 Å². The van der Waals surface area contributed by atoms with Crippen LogP contribution in [0.25, 0.3) is 0 Å². The number of hydrogen-bond acceptors (Lipinski definition) is 3. The maximum Gasteiger partial charge on any atom is 0.254 e. The molecule has 2 amide bonds. The molecule has 2 aliphatic carbocycles. The number of pyridine rings is 1. The summed E-state index contributed by atoms with van der Waals surface area (Å²) in [5, 5.41) is 3.11. The summed E-state index contributed by atoms with van der Waals surface area (Å²) < 4.78 is 0. The molecule has 1 spiro atoms. The topological polar surface area (TPSA) is 62.3 Å². The van der Waals surface area contributed by atoms with Gasteiger partial charge in [-0.05, 0) is 49.4 Å². The van der Waals surface area contributed by atoms with Gasteiger partial charge in [-0.2, -0.15) is 0 Å². The zero-order valence-corrected chi connectivity index (χ0v) is 17.3. The number of amides is 2. The molecule has 0 radical (unpaired) electrons. The fourth-order valence-corrected chi connectivity index (χ4v) is 6.13. The summed E-state index contributed by atoms with van der Waals surface area (Å²) in [6.07, 6.45) is 12.9. The molecule has 156 valence electrons. The van der Waals surface area contributed by atoms with E-state index in [-0.39, 0.29) is 23.8 Å². The summed E-state index contributed by atoms with van der Waals surface area (Å²) in [6.45, 7) is 0. The number of fused-ring (bicyclic) bond motifs is 1. The lowest BCUT2D eigenvalue weighted by molar-refractivity contribution is -0.123. The van der Waals surface area contributed by atoms with Crippen molar-refractivity contribution in [3.63, 3.8) is 0 Å². The normalized spacial score (nSPS) is 23.4. The molecule has 5 heteroatoms. The largest absolute Gasteiger partial charge is 0.329 e. The van der Waals surface area contributed by atoms with Crippen LogP contribution in [0.2, 0.25) is 0 Å². The lowest BCUT2D eigenvalue weighted by Crippen LogP contribution is -2.64. The lowest BCUT2D eigenvalue weighted by Gasteiger charge is -2.56. The third-order valence-electron chi connectivity index (χ3n) is 7.34. The summed E-state index contributed by atoms with van der Waals surface area (Å²) in [7, 11) is 0. The Bertz CT molecular complexity index is 930. The van der Waals surface area contributed by atoms with E-state index in [9.17, 15) is 9.59 Å². The number of anilines is 1. The van der Waals surface area contributed by atoms with Crippen molar-refractivity contribution < 1.29 is 9.59 Å². The van der Waals surface area contributed by atoms with Gasteiger partial charge >= 0.3 is 0 Å². The third-order valence-corrected chi connectivity index (χ3v) is 7.34. The Morgan fingerprint density at radius 3 is 2.50 bits per heavy atom. The molecule has 1 unspecified atom stereocenters. The highest BCUT2D eigenvalue weighted by molar-refractivity contribution is 6.05. The smallest absolute Gasteiger partial charge is 0.254 e. The lowest BCUT2D eigenvalue weighted by atomic mass is 9.64. The van der Waals surface area contributed by atoms with Crippen molar-refractivity contribution in [2.24, 2.45) is 0 Å². The number of nitrogens with one attached hydrogen (secondary N) is 1. The van der Waals surface area contributed by atoms with Gasteiger partial charge in [-0.1, -0.05) is 50.3 Å². The number of carbonyl (C=O) groups excluding carboxylic acids is 2. The molecule has 5 rings (SSSR count). The first-order valence-electron chi connectivity index (χ1n) is 11.3. The molecule has 0 saturated heterocycles. The van der Waals surface area contributed by atoms with Crippen LogP contribution in [0.5, 0.6) is 0 Å². The maximum atomic E-state index is 13.8. The molecular weight excluding hydrogens is 374 g/mol. The molecular formula is C25H29N3O2. The van der Waals surface area contributed by atoms with E-state index in [1.807, 2.05) is 36.4 Å². The van der Waals surface area contributed by atoms with Gasteiger partial charge in [0.2, 0.25) is 5.91 Å². The van der Waals surface area contributed by atoms with Crippen molar-refractivity contribution in [2.45, 2.75) is 75.3 Å². The quantitative estimate of drug-likeness (QED) is 0.792. The van der Waals surface area contributed by atoms with Crippen molar-refractivity contribution in [1.82, 2.24) is 9.88 Å². The Morgan fingerprint density at radius 1 is 1.00 bits per heavy atom. The highest BCUT2D eigenvalue weighted by Crippen LogP contribution is 2.51. The van der Waals surface area contributed by atoms with Gasteiger partial charge in [0.05, 0.1) is 23.3 Å². The van der Waals surface area contributed by atoms with E-state index in [4.69, 9.17) is 0 Å². The second-order valence-corrected chi connectivity index (χ2v) is 9.03. The van der Waals surface area contributed by atoms with E-state index in [0.29, 0.717) is 11.3 Å². The standard InChI is InChI=1S/C25H29N3O2/c29-23(27-18-9-8-16-26-17-18)22-20-12-4-5-13-21(20)24(30)28(19-10-2-3-11-19)25(22)14-6-1-7-15-25/h4-5,8-9,12-13,16-17,19,22H,1-3,6-7,10-11,14-15H2,(H,27,29). The molecule has 30 heavy (non-hydrogen) atoms. The minimum absolute atomic E-state index is 0.0205. The van der Waals surface area contributed by atoms with Crippen molar-refractivity contribution in [3.8, 4) is 0 Å². The molecule has 2 aromatic rings. The molecule has 1 atom stereocenters. The van der Waals surface area contributed by atoms with E-state index in [1.165, 1.54) is 19.3 Å². The van der Waals surface area contributed by atoms with Crippen LogP contribution in [0.4, 0.5) is 5.69 Å². The molecule has 3 aliphatic rings. The van der Waals surface area contributed by atoms with Gasteiger partial charge < -0.3 is 10.2 Å². The average molecular weight is 404 g/mol. The molecule has 0 bridgehead atoms. The van der Waals surface area contributed by atoms with Gasteiger partial charge in [-0.15, -0.1) is 0 Å². The van der Waals surface area contributed by atoms with Gasteiger partial charge in [0, 0.05) is 17.8 Å². The molecule has 2 saturated carbocycles. The van der Waals surface area contributed by atoms with Crippen LogP contribution >= 0.6 is 0 Å². The molecule has 1 aromatic carbocycles. The zero-order chi connectivity index (χ0) is 20.6. The van der Waals surface area contributed by atoms with Gasteiger partial charge in [-0.3, -0.25) is 14.6 Å². The highest BCUT2D eigenvalue weighted by atomic mass is 16.2. The van der Waals surface area contributed by atoms with E-state index >= 15 is 0 Å². The fraction of sp³-hybridized carbons (Fsp3) is 0.480. The second kappa shape index (κ2) is 7.86. The van der Waals surface area contributed by atoms with Gasteiger partial charge in [0.25, 0.3) is 5.91 Å². The first-order valence-corrected chi connectivity index (χ1v) is 11.3. The summed E-state index contributed by atoms with van der Waals surface area (Å²) in [5.41, 5.74) is 1.87. The first kappa shape index (κ1) is 19.3. The van der Waals surface area contributed by atoms with Gasteiger partial charge in [-0.25, -0.2) is 0 Å².